The van der Waals surface area contributed by atoms with Crippen molar-refractivity contribution in [2.45, 2.75) is 25.8 Å². The summed E-state index contributed by atoms with van der Waals surface area (Å²) in [5.41, 5.74) is 1.86. The lowest BCUT2D eigenvalue weighted by molar-refractivity contribution is 0.190. The Morgan fingerprint density at radius 1 is 1.37 bits per heavy atom. The Morgan fingerprint density at radius 3 is 3.00 bits per heavy atom. The van der Waals surface area contributed by atoms with Crippen LogP contribution in [0.4, 0.5) is 4.39 Å². The van der Waals surface area contributed by atoms with Crippen LogP contribution in [0.3, 0.4) is 0 Å². The highest BCUT2D eigenvalue weighted by Crippen LogP contribution is 2.23. The molecule has 1 aliphatic rings. The van der Waals surface area contributed by atoms with Crippen LogP contribution in [0.15, 0.2) is 30.5 Å². The van der Waals surface area contributed by atoms with E-state index in [0.29, 0.717) is 17.9 Å². The highest BCUT2D eigenvalue weighted by atomic mass is 19.1. The van der Waals surface area contributed by atoms with Gasteiger partial charge in [0.25, 0.3) is 0 Å². The van der Waals surface area contributed by atoms with E-state index in [1.807, 2.05) is 12.3 Å². The van der Waals surface area contributed by atoms with E-state index in [1.165, 1.54) is 11.8 Å². The fraction of sp³-hybridized carbons (Fsp3) is 0.400. The minimum Gasteiger partial charge on any atom is -0.396 e. The molecule has 1 N–H and O–H groups in total. The topological polar surface area (TPSA) is 38.1 Å². The maximum Gasteiger partial charge on any atom is 0.126 e. The van der Waals surface area contributed by atoms with Gasteiger partial charge in [-0.2, -0.15) is 0 Å². The van der Waals surface area contributed by atoms with Crippen molar-refractivity contribution in [3.05, 3.63) is 53.4 Å². The lowest BCUT2D eigenvalue weighted by Gasteiger charge is -2.23. The summed E-state index contributed by atoms with van der Waals surface area (Å²) in [6.07, 6.45) is 4.32. The van der Waals surface area contributed by atoms with Crippen LogP contribution in [0.25, 0.3) is 0 Å². The number of imidazole rings is 1. The molecule has 0 saturated heterocycles. The van der Waals surface area contributed by atoms with Crippen LogP contribution in [-0.4, -0.2) is 21.3 Å². The van der Waals surface area contributed by atoms with Gasteiger partial charge in [0.05, 0.1) is 0 Å². The zero-order chi connectivity index (χ0) is 13.2. The van der Waals surface area contributed by atoms with Crippen molar-refractivity contribution in [3.63, 3.8) is 0 Å². The monoisotopic (exact) mass is 260 g/mol. The number of aryl methyl sites for hydroxylation is 1. The molecular formula is C15H17FN2O. The predicted octanol–water partition coefficient (Wildman–Crippen LogP) is 2.17. The maximum atomic E-state index is 13.7. The third kappa shape index (κ3) is 2.40. The highest BCUT2D eigenvalue weighted by molar-refractivity contribution is 5.23. The van der Waals surface area contributed by atoms with Crippen molar-refractivity contribution < 1.29 is 9.50 Å². The largest absolute Gasteiger partial charge is 0.396 e. The molecule has 0 spiro atoms. The van der Waals surface area contributed by atoms with E-state index in [4.69, 9.17) is 0 Å². The standard InChI is InChI=1S/C15H17FN2O/c16-14-4-2-1-3-12(14)7-15-17-8-13-6-5-11(10-19)9-18(13)15/h1-4,8,11,19H,5-7,9-10H2. The van der Waals surface area contributed by atoms with Gasteiger partial charge in [-0.15, -0.1) is 0 Å². The molecule has 3 nitrogen and oxygen atoms in total. The number of fused-ring (bicyclic) bond motifs is 1. The minimum absolute atomic E-state index is 0.186. The molecule has 0 bridgehead atoms. The van der Waals surface area contributed by atoms with E-state index in [1.54, 1.807) is 12.1 Å². The molecule has 1 aliphatic heterocycles. The fourth-order valence-corrected chi connectivity index (χ4v) is 2.68. The molecule has 1 atom stereocenters. The van der Waals surface area contributed by atoms with Gasteiger partial charge in [-0.1, -0.05) is 18.2 Å². The fourth-order valence-electron chi connectivity index (χ4n) is 2.68. The minimum atomic E-state index is -0.186. The number of hydrogen-bond acceptors (Lipinski definition) is 2. The van der Waals surface area contributed by atoms with Gasteiger partial charge in [0.15, 0.2) is 0 Å². The van der Waals surface area contributed by atoms with Gasteiger partial charge >= 0.3 is 0 Å². The molecule has 2 heterocycles. The quantitative estimate of drug-likeness (QED) is 0.918. The molecule has 1 aromatic carbocycles. The number of nitrogens with zero attached hydrogens (tertiary/aromatic N) is 2. The van der Waals surface area contributed by atoms with Gasteiger partial charge in [-0.25, -0.2) is 9.37 Å². The molecule has 0 radical (unpaired) electrons. The van der Waals surface area contributed by atoms with Gasteiger partial charge in [0.1, 0.15) is 11.6 Å². The van der Waals surface area contributed by atoms with E-state index in [2.05, 4.69) is 9.55 Å². The third-order valence-corrected chi connectivity index (χ3v) is 3.83. The molecule has 0 fully saturated rings. The number of benzene rings is 1. The van der Waals surface area contributed by atoms with Crippen LogP contribution in [0, 0.1) is 11.7 Å². The van der Waals surface area contributed by atoms with Gasteiger partial charge < -0.3 is 9.67 Å². The Hall–Kier alpha value is -1.68. The highest BCUT2D eigenvalue weighted by Gasteiger charge is 2.21. The maximum absolute atomic E-state index is 13.7. The van der Waals surface area contributed by atoms with E-state index in [9.17, 15) is 9.50 Å². The summed E-state index contributed by atoms with van der Waals surface area (Å²) in [7, 11) is 0. The lowest BCUT2D eigenvalue weighted by Crippen LogP contribution is -2.24. The third-order valence-electron chi connectivity index (χ3n) is 3.83. The molecular weight excluding hydrogens is 243 g/mol. The van der Waals surface area contributed by atoms with Crippen molar-refractivity contribution >= 4 is 0 Å². The van der Waals surface area contributed by atoms with Crippen LogP contribution in [0.2, 0.25) is 0 Å². The Kier molecular flexibility index (Phi) is 3.34. The zero-order valence-electron chi connectivity index (χ0n) is 10.7. The van der Waals surface area contributed by atoms with Crippen molar-refractivity contribution in [1.29, 1.82) is 0 Å². The molecule has 0 amide bonds. The second-order valence-electron chi connectivity index (χ2n) is 5.13. The van der Waals surface area contributed by atoms with Crippen molar-refractivity contribution in [2.24, 2.45) is 5.92 Å². The Morgan fingerprint density at radius 2 is 2.21 bits per heavy atom. The second-order valence-corrected chi connectivity index (χ2v) is 5.13. The predicted molar refractivity (Wildman–Crippen MR) is 70.3 cm³/mol. The molecule has 1 unspecified atom stereocenters. The Balaban J connectivity index is 1.87. The van der Waals surface area contributed by atoms with Gasteiger partial charge in [0, 0.05) is 37.4 Å². The summed E-state index contributed by atoms with van der Waals surface area (Å²) < 4.78 is 15.8. The number of hydrogen-bond donors (Lipinski definition) is 1. The zero-order valence-corrected chi connectivity index (χ0v) is 10.7. The van der Waals surface area contributed by atoms with Crippen molar-refractivity contribution in [1.82, 2.24) is 9.55 Å². The van der Waals surface area contributed by atoms with Crippen LogP contribution in [0.1, 0.15) is 23.5 Å². The van der Waals surface area contributed by atoms with E-state index in [0.717, 1.165) is 25.2 Å². The SMILES string of the molecule is OCC1CCc2cnc(Cc3ccccc3F)n2C1. The molecule has 3 rings (SSSR count). The molecule has 100 valence electrons. The number of halogens is 1. The van der Waals surface area contributed by atoms with Gasteiger partial charge in [0.2, 0.25) is 0 Å². The van der Waals surface area contributed by atoms with Gasteiger partial charge in [-0.05, 0) is 24.5 Å². The molecule has 19 heavy (non-hydrogen) atoms. The van der Waals surface area contributed by atoms with Crippen LogP contribution in [-0.2, 0) is 19.4 Å². The first kappa shape index (κ1) is 12.4. The molecule has 0 saturated carbocycles. The molecule has 1 aromatic heterocycles. The average Bonchev–Trinajstić information content (AvgIpc) is 2.84. The van der Waals surface area contributed by atoms with E-state index < -0.39 is 0 Å². The summed E-state index contributed by atoms with van der Waals surface area (Å²) in [5, 5.41) is 9.29. The van der Waals surface area contributed by atoms with Crippen LogP contribution < -0.4 is 0 Å². The van der Waals surface area contributed by atoms with Crippen molar-refractivity contribution in [2.75, 3.05) is 6.61 Å². The Bertz CT molecular complexity index is 579. The van der Waals surface area contributed by atoms with Crippen LogP contribution >= 0.6 is 0 Å². The summed E-state index contributed by atoms with van der Waals surface area (Å²) >= 11 is 0. The molecule has 0 aliphatic carbocycles. The molecule has 4 heteroatoms. The normalized spacial score (nSPS) is 18.3. The summed E-state index contributed by atoms with van der Waals surface area (Å²) in [4.78, 5) is 4.42. The number of rotatable bonds is 3. The average molecular weight is 260 g/mol. The van der Waals surface area contributed by atoms with Gasteiger partial charge in [-0.3, -0.25) is 0 Å². The van der Waals surface area contributed by atoms with E-state index in [-0.39, 0.29) is 12.4 Å². The smallest absolute Gasteiger partial charge is 0.126 e. The summed E-state index contributed by atoms with van der Waals surface area (Å²) in [6.45, 7) is 0.992. The Labute approximate surface area is 111 Å². The summed E-state index contributed by atoms with van der Waals surface area (Å²) in [5.74, 6) is 0.994. The lowest BCUT2D eigenvalue weighted by atomic mass is 9.99. The van der Waals surface area contributed by atoms with Crippen molar-refractivity contribution in [3.8, 4) is 0 Å². The number of aromatic nitrogens is 2. The summed E-state index contributed by atoms with van der Waals surface area (Å²) in [6, 6.07) is 6.81. The number of aliphatic hydroxyl groups is 1. The first-order chi connectivity index (χ1) is 9.28. The first-order valence-corrected chi connectivity index (χ1v) is 6.65. The second kappa shape index (κ2) is 5.13. The first-order valence-electron chi connectivity index (χ1n) is 6.65. The van der Waals surface area contributed by atoms with E-state index >= 15 is 0 Å². The molecule has 2 aromatic rings. The number of aliphatic hydroxyl groups excluding tert-OH is 1. The van der Waals surface area contributed by atoms with Crippen LogP contribution in [0.5, 0.6) is 0 Å².